The van der Waals surface area contributed by atoms with E-state index in [-0.39, 0.29) is 5.97 Å². The summed E-state index contributed by atoms with van der Waals surface area (Å²) in [6.45, 7) is 1.75. The van der Waals surface area contributed by atoms with Crippen molar-refractivity contribution in [1.82, 2.24) is 9.97 Å². The molecule has 0 aliphatic rings. The average molecular weight is 280 g/mol. The lowest BCUT2D eigenvalue weighted by Gasteiger charge is -2.14. The number of anilines is 1. The Labute approximate surface area is 116 Å². The quantitative estimate of drug-likeness (QED) is 0.691. The predicted molar refractivity (Wildman–Crippen MR) is 74.5 cm³/mol. The first kappa shape index (κ1) is 13.5. The maximum atomic E-state index is 11.7. The smallest absolute Gasteiger partial charge is 0.314 e. The molecule has 1 atom stereocenters. The molecule has 2 rings (SSSR count). The van der Waals surface area contributed by atoms with E-state index < -0.39 is 5.92 Å². The molecule has 6 heteroatoms. The Bertz CT molecular complexity index is 631. The molecular formula is C13H14ClN3O2. The molecule has 5 nitrogen and oxygen atoms in total. The number of fused-ring (bicyclic) bond motifs is 1. The maximum absolute atomic E-state index is 11.7. The minimum absolute atomic E-state index is 0.334. The normalized spacial score (nSPS) is 12.2. The van der Waals surface area contributed by atoms with Crippen molar-refractivity contribution in [2.45, 2.75) is 12.8 Å². The van der Waals surface area contributed by atoms with Crippen LogP contribution in [0.15, 0.2) is 18.5 Å². The van der Waals surface area contributed by atoms with Gasteiger partial charge in [-0.2, -0.15) is 0 Å². The number of carbonyl (C=O) groups is 1. The molecule has 1 N–H and O–H groups in total. The standard InChI is InChI=1S/C13H14ClN3O2/c1-7(13(18)19-3)12-8-4-11(14)16-5-9(8)10(15-2)6-17-12/h4-7,15H,1-3H3. The van der Waals surface area contributed by atoms with Crippen molar-refractivity contribution >= 4 is 34.0 Å². The second-order valence-corrected chi connectivity index (χ2v) is 4.49. The van der Waals surface area contributed by atoms with Gasteiger partial charge in [-0.1, -0.05) is 11.6 Å². The van der Waals surface area contributed by atoms with Gasteiger partial charge in [-0.15, -0.1) is 0 Å². The minimum Gasteiger partial charge on any atom is -0.469 e. The fourth-order valence-corrected chi connectivity index (χ4v) is 2.12. The first-order valence-electron chi connectivity index (χ1n) is 5.78. The summed E-state index contributed by atoms with van der Waals surface area (Å²) in [5.41, 5.74) is 1.46. The van der Waals surface area contributed by atoms with E-state index in [9.17, 15) is 4.79 Å². The van der Waals surface area contributed by atoms with Crippen LogP contribution >= 0.6 is 11.6 Å². The third-order valence-corrected chi connectivity index (χ3v) is 3.21. The highest BCUT2D eigenvalue weighted by Crippen LogP contribution is 2.30. The van der Waals surface area contributed by atoms with Gasteiger partial charge in [-0.05, 0) is 13.0 Å². The van der Waals surface area contributed by atoms with Gasteiger partial charge in [0, 0.05) is 24.0 Å². The van der Waals surface area contributed by atoms with Crippen molar-refractivity contribution in [1.29, 1.82) is 0 Å². The van der Waals surface area contributed by atoms with Crippen LogP contribution in [0.1, 0.15) is 18.5 Å². The van der Waals surface area contributed by atoms with Crippen molar-refractivity contribution in [3.63, 3.8) is 0 Å². The molecule has 2 aromatic rings. The molecule has 0 aromatic carbocycles. The van der Waals surface area contributed by atoms with Crippen molar-refractivity contribution in [2.24, 2.45) is 0 Å². The molecule has 0 saturated heterocycles. The topological polar surface area (TPSA) is 64.1 Å². The molecule has 0 saturated carbocycles. The lowest BCUT2D eigenvalue weighted by Crippen LogP contribution is -2.13. The number of aromatic nitrogens is 2. The number of rotatable bonds is 3. The zero-order valence-corrected chi connectivity index (χ0v) is 11.7. The molecule has 2 heterocycles. The van der Waals surface area contributed by atoms with Crippen molar-refractivity contribution in [3.05, 3.63) is 29.3 Å². The fourth-order valence-electron chi connectivity index (χ4n) is 1.96. The Hall–Kier alpha value is -1.88. The Kier molecular flexibility index (Phi) is 3.85. The number of halogens is 1. The number of hydrogen-bond donors (Lipinski definition) is 1. The van der Waals surface area contributed by atoms with Crippen LogP contribution in [-0.4, -0.2) is 30.1 Å². The summed E-state index contributed by atoms with van der Waals surface area (Å²) in [7, 11) is 3.16. The Balaban J connectivity index is 2.68. The van der Waals surface area contributed by atoms with Crippen LogP contribution in [0.25, 0.3) is 10.8 Å². The van der Waals surface area contributed by atoms with Crippen LogP contribution in [0, 0.1) is 0 Å². The highest BCUT2D eigenvalue weighted by molar-refractivity contribution is 6.30. The Morgan fingerprint density at radius 2 is 2.11 bits per heavy atom. The third-order valence-electron chi connectivity index (χ3n) is 3.00. The molecule has 0 bridgehead atoms. The number of nitrogens with zero attached hydrogens (tertiary/aromatic N) is 2. The number of methoxy groups -OCH3 is 1. The molecule has 0 aliphatic heterocycles. The van der Waals surface area contributed by atoms with Crippen LogP contribution in [-0.2, 0) is 9.53 Å². The van der Waals surface area contributed by atoms with E-state index in [0.29, 0.717) is 10.8 Å². The molecule has 0 aliphatic carbocycles. The van der Waals surface area contributed by atoms with E-state index >= 15 is 0 Å². The molecule has 19 heavy (non-hydrogen) atoms. The van der Waals surface area contributed by atoms with E-state index in [1.54, 1.807) is 32.4 Å². The van der Waals surface area contributed by atoms with Crippen molar-refractivity contribution < 1.29 is 9.53 Å². The van der Waals surface area contributed by atoms with Crippen molar-refractivity contribution in [3.8, 4) is 0 Å². The summed E-state index contributed by atoms with van der Waals surface area (Å²) in [5, 5.41) is 5.06. The first-order chi connectivity index (χ1) is 9.08. The number of esters is 1. The van der Waals surface area contributed by atoms with Gasteiger partial charge in [0.05, 0.1) is 30.6 Å². The average Bonchev–Trinajstić information content (AvgIpc) is 2.44. The van der Waals surface area contributed by atoms with E-state index in [4.69, 9.17) is 16.3 Å². The molecular weight excluding hydrogens is 266 g/mol. The summed E-state index contributed by atoms with van der Waals surface area (Å²) in [6, 6.07) is 1.71. The maximum Gasteiger partial charge on any atom is 0.314 e. The summed E-state index contributed by atoms with van der Waals surface area (Å²) < 4.78 is 4.76. The van der Waals surface area contributed by atoms with E-state index in [0.717, 1.165) is 16.5 Å². The first-order valence-corrected chi connectivity index (χ1v) is 6.16. The minimum atomic E-state index is -0.461. The lowest BCUT2D eigenvalue weighted by atomic mass is 10.0. The van der Waals surface area contributed by atoms with Gasteiger partial charge in [0.15, 0.2) is 0 Å². The van der Waals surface area contributed by atoms with Crippen LogP contribution in [0.3, 0.4) is 0 Å². The van der Waals surface area contributed by atoms with Gasteiger partial charge in [-0.25, -0.2) is 4.98 Å². The zero-order valence-electron chi connectivity index (χ0n) is 10.9. The summed E-state index contributed by atoms with van der Waals surface area (Å²) >= 11 is 5.93. The zero-order chi connectivity index (χ0) is 14.0. The molecule has 0 amide bonds. The molecule has 1 unspecified atom stereocenters. The van der Waals surface area contributed by atoms with Crippen molar-refractivity contribution in [2.75, 3.05) is 19.5 Å². The molecule has 2 aromatic heterocycles. The van der Waals surface area contributed by atoms with E-state index in [2.05, 4.69) is 15.3 Å². The number of pyridine rings is 2. The van der Waals surface area contributed by atoms with Crippen LogP contribution in [0.2, 0.25) is 5.15 Å². The number of carbonyl (C=O) groups excluding carboxylic acids is 1. The van der Waals surface area contributed by atoms with Gasteiger partial charge in [0.1, 0.15) is 5.15 Å². The summed E-state index contributed by atoms with van der Waals surface area (Å²) in [6.07, 6.45) is 3.34. The number of hydrogen-bond acceptors (Lipinski definition) is 5. The third kappa shape index (κ3) is 2.46. The number of nitrogens with one attached hydrogen (secondary N) is 1. The van der Waals surface area contributed by atoms with Gasteiger partial charge >= 0.3 is 5.97 Å². The second kappa shape index (κ2) is 5.40. The molecule has 0 fully saturated rings. The Morgan fingerprint density at radius 1 is 1.37 bits per heavy atom. The Morgan fingerprint density at radius 3 is 2.74 bits per heavy atom. The fraction of sp³-hybridized carbons (Fsp3) is 0.308. The van der Waals surface area contributed by atoms with Crippen LogP contribution < -0.4 is 5.32 Å². The predicted octanol–water partition coefficient (Wildman–Crippen LogP) is 2.60. The van der Waals surface area contributed by atoms with Gasteiger partial charge in [0.2, 0.25) is 0 Å². The summed E-state index contributed by atoms with van der Waals surface area (Å²) in [5.74, 6) is -0.796. The highest BCUT2D eigenvalue weighted by Gasteiger charge is 2.21. The molecule has 0 radical (unpaired) electrons. The largest absolute Gasteiger partial charge is 0.469 e. The van der Waals surface area contributed by atoms with Crippen LogP contribution in [0.5, 0.6) is 0 Å². The van der Waals surface area contributed by atoms with E-state index in [1.165, 1.54) is 7.11 Å². The summed E-state index contributed by atoms with van der Waals surface area (Å²) in [4.78, 5) is 20.1. The molecule has 0 spiro atoms. The van der Waals surface area contributed by atoms with Gasteiger partial charge in [-0.3, -0.25) is 9.78 Å². The SMILES string of the molecule is CNc1cnc(C(C)C(=O)OC)c2cc(Cl)ncc12. The van der Waals surface area contributed by atoms with Gasteiger partial charge < -0.3 is 10.1 Å². The highest BCUT2D eigenvalue weighted by atomic mass is 35.5. The van der Waals surface area contributed by atoms with Crippen LogP contribution in [0.4, 0.5) is 5.69 Å². The van der Waals surface area contributed by atoms with E-state index in [1.807, 2.05) is 0 Å². The lowest BCUT2D eigenvalue weighted by molar-refractivity contribution is -0.142. The number of ether oxygens (including phenoxy) is 1. The second-order valence-electron chi connectivity index (χ2n) is 4.10. The van der Waals surface area contributed by atoms with Gasteiger partial charge in [0.25, 0.3) is 0 Å². The monoisotopic (exact) mass is 279 g/mol. The molecule has 100 valence electrons.